The minimum Gasteiger partial charge on any atom is -0.497 e. The van der Waals surface area contributed by atoms with Crippen molar-refractivity contribution in [3.05, 3.63) is 24.3 Å². The Hall–Kier alpha value is -2.24. The number of carbonyl (C=O) groups excluding carboxylic acids is 1. The van der Waals surface area contributed by atoms with Crippen LogP contribution < -0.4 is 14.8 Å². The fourth-order valence-corrected chi connectivity index (χ4v) is 2.05. The maximum Gasteiger partial charge on any atom is 0.326 e. The van der Waals surface area contributed by atoms with E-state index in [0.29, 0.717) is 25.2 Å². The molecule has 0 saturated heterocycles. The number of carboxylic acids is 1. The molecule has 0 spiro atoms. The average Bonchev–Trinajstić information content (AvgIpc) is 2.51. The standard InChI is InChI=1S/C17H25NO5/c1-12(2)11-15(17(20)21)18-16(19)5-4-10-23-14-8-6-13(22-3)7-9-14/h6-9,12,15H,4-5,10-11H2,1-3H3,(H,18,19)(H,20,21). The summed E-state index contributed by atoms with van der Waals surface area (Å²) in [7, 11) is 1.60. The van der Waals surface area contributed by atoms with Crippen LogP contribution in [0.4, 0.5) is 0 Å². The molecule has 6 nitrogen and oxygen atoms in total. The first kappa shape index (κ1) is 18.8. The monoisotopic (exact) mass is 323 g/mol. The quantitative estimate of drug-likeness (QED) is 0.646. The lowest BCUT2D eigenvalue weighted by molar-refractivity contribution is -0.142. The SMILES string of the molecule is COc1ccc(OCCCC(=O)NC(CC(C)C)C(=O)O)cc1. The number of carbonyl (C=O) groups is 2. The molecule has 0 aliphatic carbocycles. The predicted molar refractivity (Wildman–Crippen MR) is 86.7 cm³/mol. The van der Waals surface area contributed by atoms with Gasteiger partial charge in [-0.15, -0.1) is 0 Å². The van der Waals surface area contributed by atoms with E-state index in [2.05, 4.69) is 5.32 Å². The van der Waals surface area contributed by atoms with Gasteiger partial charge in [0.1, 0.15) is 17.5 Å². The third-order valence-corrected chi connectivity index (χ3v) is 3.22. The number of nitrogens with one attached hydrogen (secondary N) is 1. The highest BCUT2D eigenvalue weighted by Gasteiger charge is 2.20. The molecule has 1 aromatic carbocycles. The van der Waals surface area contributed by atoms with Crippen LogP contribution in [-0.2, 0) is 9.59 Å². The molecule has 1 atom stereocenters. The van der Waals surface area contributed by atoms with Crippen LogP contribution in [0.3, 0.4) is 0 Å². The molecule has 6 heteroatoms. The van der Waals surface area contributed by atoms with Crippen LogP contribution in [-0.4, -0.2) is 36.7 Å². The lowest BCUT2D eigenvalue weighted by atomic mass is 10.0. The van der Waals surface area contributed by atoms with E-state index in [0.717, 1.165) is 5.75 Å². The number of methoxy groups -OCH3 is 1. The Labute approximate surface area is 136 Å². The summed E-state index contributed by atoms with van der Waals surface area (Å²) in [6, 6.07) is 6.35. The van der Waals surface area contributed by atoms with Crippen LogP contribution in [0.1, 0.15) is 33.1 Å². The van der Waals surface area contributed by atoms with Crippen LogP contribution >= 0.6 is 0 Å². The number of amides is 1. The van der Waals surface area contributed by atoms with Crippen molar-refractivity contribution in [3.63, 3.8) is 0 Å². The van der Waals surface area contributed by atoms with Crippen LogP contribution in [0.25, 0.3) is 0 Å². The Morgan fingerprint density at radius 1 is 1.17 bits per heavy atom. The predicted octanol–water partition coefficient (Wildman–Crippen LogP) is 2.47. The van der Waals surface area contributed by atoms with Gasteiger partial charge in [0.05, 0.1) is 13.7 Å². The van der Waals surface area contributed by atoms with Gasteiger partial charge in [-0.25, -0.2) is 4.79 Å². The lowest BCUT2D eigenvalue weighted by Crippen LogP contribution is -2.41. The molecule has 0 aliphatic heterocycles. The molecule has 0 aliphatic rings. The molecule has 1 amide bonds. The minimum absolute atomic E-state index is 0.204. The summed E-state index contributed by atoms with van der Waals surface area (Å²) < 4.78 is 10.6. The third-order valence-electron chi connectivity index (χ3n) is 3.22. The van der Waals surface area contributed by atoms with Gasteiger partial charge in [-0.1, -0.05) is 13.8 Å². The second-order valence-corrected chi connectivity index (χ2v) is 5.72. The van der Waals surface area contributed by atoms with Crippen molar-refractivity contribution in [1.29, 1.82) is 0 Å². The molecule has 0 saturated carbocycles. The molecule has 0 heterocycles. The number of hydrogen-bond acceptors (Lipinski definition) is 4. The van der Waals surface area contributed by atoms with Crippen molar-refractivity contribution in [2.24, 2.45) is 5.92 Å². The lowest BCUT2D eigenvalue weighted by Gasteiger charge is -2.16. The molecule has 1 aromatic rings. The van der Waals surface area contributed by atoms with E-state index < -0.39 is 12.0 Å². The molecular weight excluding hydrogens is 298 g/mol. The molecule has 23 heavy (non-hydrogen) atoms. The summed E-state index contributed by atoms with van der Waals surface area (Å²) in [4.78, 5) is 22.9. The van der Waals surface area contributed by atoms with Gasteiger partial charge < -0.3 is 19.9 Å². The van der Waals surface area contributed by atoms with Gasteiger partial charge >= 0.3 is 5.97 Å². The fourth-order valence-electron chi connectivity index (χ4n) is 2.05. The van der Waals surface area contributed by atoms with Gasteiger partial charge in [0, 0.05) is 6.42 Å². The van der Waals surface area contributed by atoms with Gasteiger partial charge in [0.25, 0.3) is 0 Å². The van der Waals surface area contributed by atoms with Crippen molar-refractivity contribution in [2.75, 3.05) is 13.7 Å². The molecule has 0 bridgehead atoms. The second kappa shape index (κ2) is 9.71. The van der Waals surface area contributed by atoms with Crippen molar-refractivity contribution >= 4 is 11.9 Å². The summed E-state index contributed by atoms with van der Waals surface area (Å²) in [6.45, 7) is 4.23. The highest BCUT2D eigenvalue weighted by atomic mass is 16.5. The van der Waals surface area contributed by atoms with E-state index in [-0.39, 0.29) is 18.2 Å². The summed E-state index contributed by atoms with van der Waals surface area (Å²) in [5, 5.41) is 11.6. The topological polar surface area (TPSA) is 84.9 Å². The van der Waals surface area contributed by atoms with Crippen LogP contribution in [0.15, 0.2) is 24.3 Å². The molecule has 0 aromatic heterocycles. The number of carboxylic acid groups (broad SMARTS) is 1. The molecule has 128 valence electrons. The number of hydrogen-bond donors (Lipinski definition) is 2. The van der Waals surface area contributed by atoms with Gasteiger partial charge in [-0.3, -0.25) is 4.79 Å². The number of ether oxygens (including phenoxy) is 2. The maximum absolute atomic E-state index is 11.8. The Balaban J connectivity index is 2.28. The van der Waals surface area contributed by atoms with Crippen molar-refractivity contribution in [3.8, 4) is 11.5 Å². The van der Waals surface area contributed by atoms with E-state index in [1.54, 1.807) is 31.4 Å². The largest absolute Gasteiger partial charge is 0.497 e. The smallest absolute Gasteiger partial charge is 0.326 e. The second-order valence-electron chi connectivity index (χ2n) is 5.72. The molecule has 0 radical (unpaired) electrons. The zero-order chi connectivity index (χ0) is 17.2. The summed E-state index contributed by atoms with van der Waals surface area (Å²) >= 11 is 0. The normalized spacial score (nSPS) is 11.8. The molecular formula is C17H25NO5. The molecule has 1 rings (SSSR count). The van der Waals surface area contributed by atoms with Crippen molar-refractivity contribution < 1.29 is 24.2 Å². The van der Waals surface area contributed by atoms with E-state index in [4.69, 9.17) is 14.6 Å². The van der Waals surface area contributed by atoms with Gasteiger partial charge in [0.15, 0.2) is 0 Å². The first-order valence-corrected chi connectivity index (χ1v) is 7.71. The number of rotatable bonds is 10. The highest BCUT2D eigenvalue weighted by Crippen LogP contribution is 2.17. The fraction of sp³-hybridized carbons (Fsp3) is 0.529. The zero-order valence-electron chi connectivity index (χ0n) is 13.9. The number of aliphatic carboxylic acids is 1. The van der Waals surface area contributed by atoms with Gasteiger partial charge in [-0.05, 0) is 43.0 Å². The Kier molecular flexibility index (Phi) is 7.94. The maximum atomic E-state index is 11.8. The van der Waals surface area contributed by atoms with E-state index in [9.17, 15) is 9.59 Å². The van der Waals surface area contributed by atoms with Gasteiger partial charge in [0.2, 0.25) is 5.91 Å². The summed E-state index contributed by atoms with van der Waals surface area (Å²) in [5.41, 5.74) is 0. The summed E-state index contributed by atoms with van der Waals surface area (Å²) in [5.74, 6) is 0.392. The van der Waals surface area contributed by atoms with Crippen LogP contribution in [0.5, 0.6) is 11.5 Å². The van der Waals surface area contributed by atoms with E-state index in [1.807, 2.05) is 13.8 Å². The van der Waals surface area contributed by atoms with Crippen molar-refractivity contribution in [1.82, 2.24) is 5.32 Å². The highest BCUT2D eigenvalue weighted by molar-refractivity contribution is 5.83. The van der Waals surface area contributed by atoms with Gasteiger partial charge in [-0.2, -0.15) is 0 Å². The van der Waals surface area contributed by atoms with Crippen LogP contribution in [0.2, 0.25) is 0 Å². The van der Waals surface area contributed by atoms with Crippen LogP contribution in [0, 0.1) is 5.92 Å². The molecule has 1 unspecified atom stereocenters. The Morgan fingerprint density at radius 3 is 2.30 bits per heavy atom. The van der Waals surface area contributed by atoms with Crippen molar-refractivity contribution in [2.45, 2.75) is 39.2 Å². The Morgan fingerprint density at radius 2 is 1.78 bits per heavy atom. The number of benzene rings is 1. The minimum atomic E-state index is -0.999. The zero-order valence-corrected chi connectivity index (χ0v) is 13.9. The first-order valence-electron chi connectivity index (χ1n) is 7.71. The average molecular weight is 323 g/mol. The van der Waals surface area contributed by atoms with E-state index >= 15 is 0 Å². The summed E-state index contributed by atoms with van der Waals surface area (Å²) in [6.07, 6.45) is 1.17. The third kappa shape index (κ3) is 7.54. The first-order chi connectivity index (χ1) is 10.9. The molecule has 2 N–H and O–H groups in total. The Bertz CT molecular complexity index is 498. The van der Waals surface area contributed by atoms with E-state index in [1.165, 1.54) is 0 Å². The molecule has 0 fully saturated rings.